The van der Waals surface area contributed by atoms with E-state index >= 15 is 0 Å². The van der Waals surface area contributed by atoms with Crippen LogP contribution in [-0.2, 0) is 9.59 Å². The Labute approximate surface area is 204 Å². The normalized spacial score (nSPS) is 21.2. The summed E-state index contributed by atoms with van der Waals surface area (Å²) in [6.07, 6.45) is 1.12. The maximum atomic E-state index is 13.3. The second-order valence-electron chi connectivity index (χ2n) is 9.35. The number of carbonyl (C=O) groups excluding carboxylic acids is 2. The minimum absolute atomic E-state index is 0.106. The Morgan fingerprint density at radius 1 is 1.15 bits per heavy atom. The second-order valence-corrected chi connectivity index (χ2v) is 10.3. The van der Waals surface area contributed by atoms with Crippen molar-refractivity contribution in [2.45, 2.75) is 32.6 Å². The summed E-state index contributed by atoms with van der Waals surface area (Å²) in [5.74, 6) is -0.132. The van der Waals surface area contributed by atoms with Crippen LogP contribution in [0.5, 0.6) is 5.75 Å². The minimum Gasteiger partial charge on any atom is -0.497 e. The molecule has 0 saturated heterocycles. The van der Waals surface area contributed by atoms with E-state index in [-0.39, 0.29) is 22.9 Å². The third-order valence-electron chi connectivity index (χ3n) is 6.13. The number of nitriles is 1. The predicted molar refractivity (Wildman–Crippen MR) is 135 cm³/mol. The van der Waals surface area contributed by atoms with Gasteiger partial charge in [0.05, 0.1) is 30.4 Å². The highest BCUT2D eigenvalue weighted by Crippen LogP contribution is 2.48. The van der Waals surface area contributed by atoms with Gasteiger partial charge in [-0.2, -0.15) is 5.26 Å². The van der Waals surface area contributed by atoms with Crippen LogP contribution >= 0.6 is 11.8 Å². The fourth-order valence-corrected chi connectivity index (χ4v) is 5.51. The molecule has 2 aliphatic rings. The lowest BCUT2D eigenvalue weighted by Gasteiger charge is -2.40. The highest BCUT2D eigenvalue weighted by atomic mass is 32.2. The van der Waals surface area contributed by atoms with Crippen molar-refractivity contribution in [2.24, 2.45) is 16.3 Å². The number of para-hydroxylation sites is 1. The van der Waals surface area contributed by atoms with Crippen molar-refractivity contribution < 1.29 is 14.3 Å². The summed E-state index contributed by atoms with van der Waals surface area (Å²) in [6.45, 7) is 4.13. The largest absolute Gasteiger partial charge is 0.497 e. The number of ketones is 1. The summed E-state index contributed by atoms with van der Waals surface area (Å²) in [5, 5.41) is 13.5. The number of allylic oxidation sites excluding steroid dienone is 1. The number of aliphatic imine (C=N–C) groups is 1. The van der Waals surface area contributed by atoms with Crippen LogP contribution in [0.1, 0.15) is 38.2 Å². The van der Waals surface area contributed by atoms with Gasteiger partial charge in [-0.25, -0.2) is 4.99 Å². The molecule has 1 unspecified atom stereocenters. The minimum atomic E-state index is -0.460. The number of thioether (sulfide) groups is 1. The fourth-order valence-electron chi connectivity index (χ4n) is 4.66. The number of carbonyl (C=O) groups is 2. The molecule has 4 rings (SSSR count). The molecule has 1 fully saturated rings. The van der Waals surface area contributed by atoms with Gasteiger partial charge in [-0.1, -0.05) is 55.9 Å². The first-order valence-corrected chi connectivity index (χ1v) is 12.2. The molecule has 7 heteroatoms. The Kier molecular flexibility index (Phi) is 6.90. The van der Waals surface area contributed by atoms with Gasteiger partial charge < -0.3 is 10.1 Å². The van der Waals surface area contributed by atoms with E-state index in [1.54, 1.807) is 7.11 Å². The quantitative estimate of drug-likeness (QED) is 0.611. The zero-order valence-corrected chi connectivity index (χ0v) is 20.3. The van der Waals surface area contributed by atoms with E-state index in [1.165, 1.54) is 11.8 Å². The smallest absolute Gasteiger partial charge is 0.234 e. The Bertz CT molecular complexity index is 1190. The fraction of sp³-hybridized carbons (Fsp3) is 0.333. The van der Waals surface area contributed by atoms with E-state index in [4.69, 9.17) is 9.73 Å². The van der Waals surface area contributed by atoms with Gasteiger partial charge in [0, 0.05) is 23.7 Å². The third-order valence-corrected chi connectivity index (χ3v) is 7.12. The van der Waals surface area contributed by atoms with Gasteiger partial charge >= 0.3 is 0 Å². The van der Waals surface area contributed by atoms with E-state index in [1.807, 2.05) is 54.6 Å². The van der Waals surface area contributed by atoms with Crippen molar-refractivity contribution in [3.05, 3.63) is 70.8 Å². The molecule has 0 radical (unpaired) electrons. The van der Waals surface area contributed by atoms with Gasteiger partial charge in [0.15, 0.2) is 0 Å². The van der Waals surface area contributed by atoms with Gasteiger partial charge in [-0.15, -0.1) is 0 Å². The van der Waals surface area contributed by atoms with Gasteiger partial charge in [0.1, 0.15) is 16.6 Å². The first kappa shape index (κ1) is 23.8. The van der Waals surface area contributed by atoms with Crippen LogP contribution in [0.25, 0.3) is 0 Å². The van der Waals surface area contributed by atoms with Crippen LogP contribution in [-0.4, -0.2) is 30.3 Å². The van der Waals surface area contributed by atoms with Crippen LogP contribution in [0.4, 0.5) is 5.69 Å². The monoisotopic (exact) mass is 473 g/mol. The first-order valence-electron chi connectivity index (χ1n) is 11.2. The molecule has 1 heterocycles. The number of amides is 1. The molecule has 1 aliphatic carbocycles. The predicted octanol–water partition coefficient (Wildman–Crippen LogP) is 5.35. The molecular formula is C27H27N3O3S. The van der Waals surface area contributed by atoms with Gasteiger partial charge in [-0.3, -0.25) is 9.59 Å². The highest BCUT2D eigenvalue weighted by molar-refractivity contribution is 8.03. The molecule has 6 nitrogen and oxygen atoms in total. The topological polar surface area (TPSA) is 91.5 Å². The molecule has 2 atom stereocenters. The lowest BCUT2D eigenvalue weighted by atomic mass is 9.64. The molecule has 2 aromatic carbocycles. The van der Waals surface area contributed by atoms with Crippen molar-refractivity contribution in [1.82, 2.24) is 0 Å². The number of hydrogen-bond acceptors (Lipinski definition) is 6. The number of rotatable bonds is 6. The summed E-state index contributed by atoms with van der Waals surface area (Å²) >= 11 is 1.24. The van der Waals surface area contributed by atoms with Crippen LogP contribution in [0.15, 0.2) is 70.2 Å². The SMILES string of the molecule is COc1ccc([C@H]2C(C#N)=C(SCC(=O)Nc3ccccc3)N=C3CC(C)(C)CC(=O)C32)cc1. The van der Waals surface area contributed by atoms with E-state index in [9.17, 15) is 14.9 Å². The van der Waals surface area contributed by atoms with E-state index < -0.39 is 11.8 Å². The van der Waals surface area contributed by atoms with Gasteiger partial charge in [0.25, 0.3) is 0 Å². The Hall–Kier alpha value is -3.37. The van der Waals surface area contributed by atoms with E-state index in [2.05, 4.69) is 25.2 Å². The number of benzene rings is 2. The molecule has 1 N–H and O–H groups in total. The standard InChI is InChI=1S/C27H27N3O3S/c1-27(2)13-21-25(22(31)14-27)24(17-9-11-19(33-3)12-10-17)20(15-28)26(30-21)34-16-23(32)29-18-7-5-4-6-8-18/h4-12,24-25H,13-14,16H2,1-3H3,(H,29,32)/t24-,25?/m0/s1. The molecule has 1 aliphatic heterocycles. The first-order chi connectivity index (χ1) is 16.3. The van der Waals surface area contributed by atoms with Crippen molar-refractivity contribution in [1.29, 1.82) is 5.26 Å². The average molecular weight is 474 g/mol. The zero-order valence-electron chi connectivity index (χ0n) is 19.5. The number of hydrogen-bond donors (Lipinski definition) is 1. The lowest BCUT2D eigenvalue weighted by molar-refractivity contribution is -0.124. The molecule has 174 valence electrons. The average Bonchev–Trinajstić information content (AvgIpc) is 2.81. The summed E-state index contributed by atoms with van der Waals surface area (Å²) < 4.78 is 5.28. The summed E-state index contributed by atoms with van der Waals surface area (Å²) in [4.78, 5) is 30.6. The van der Waals surface area contributed by atoms with Crippen molar-refractivity contribution in [2.75, 3.05) is 18.2 Å². The molecule has 0 bridgehead atoms. The Morgan fingerprint density at radius 3 is 2.50 bits per heavy atom. The number of methoxy groups -OCH3 is 1. The van der Waals surface area contributed by atoms with E-state index in [0.29, 0.717) is 34.9 Å². The second kappa shape index (κ2) is 9.86. The van der Waals surface area contributed by atoms with Crippen molar-refractivity contribution in [3.8, 4) is 11.8 Å². The molecular weight excluding hydrogens is 446 g/mol. The molecule has 0 aromatic heterocycles. The Balaban J connectivity index is 1.67. The Morgan fingerprint density at radius 2 is 1.85 bits per heavy atom. The van der Waals surface area contributed by atoms with Gasteiger partial charge in [-0.05, 0) is 41.7 Å². The van der Waals surface area contributed by atoms with Crippen LogP contribution in [0.2, 0.25) is 0 Å². The summed E-state index contributed by atoms with van der Waals surface area (Å²) in [5.41, 5.74) is 2.63. The molecule has 2 aromatic rings. The van der Waals surface area contributed by atoms with Crippen molar-refractivity contribution >= 4 is 34.9 Å². The number of anilines is 1. The number of fused-ring (bicyclic) bond motifs is 1. The van der Waals surface area contributed by atoms with Gasteiger partial charge in [0.2, 0.25) is 5.91 Å². The summed E-state index contributed by atoms with van der Waals surface area (Å²) in [6, 6.07) is 19.0. The zero-order chi connectivity index (χ0) is 24.3. The van der Waals surface area contributed by atoms with Crippen LogP contribution < -0.4 is 10.1 Å². The number of ether oxygens (including phenoxy) is 1. The maximum absolute atomic E-state index is 13.3. The third kappa shape index (κ3) is 5.07. The maximum Gasteiger partial charge on any atom is 0.234 e. The van der Waals surface area contributed by atoms with Crippen LogP contribution in [0.3, 0.4) is 0 Å². The lowest BCUT2D eigenvalue weighted by Crippen LogP contribution is -2.42. The summed E-state index contributed by atoms with van der Waals surface area (Å²) in [7, 11) is 1.60. The number of nitrogens with zero attached hydrogens (tertiary/aromatic N) is 2. The molecule has 34 heavy (non-hydrogen) atoms. The molecule has 1 saturated carbocycles. The molecule has 1 amide bonds. The number of nitrogens with one attached hydrogen (secondary N) is 1. The van der Waals surface area contributed by atoms with Crippen LogP contribution in [0, 0.1) is 22.7 Å². The van der Waals surface area contributed by atoms with Crippen molar-refractivity contribution in [3.63, 3.8) is 0 Å². The highest BCUT2D eigenvalue weighted by Gasteiger charge is 2.46. The molecule has 0 spiro atoms. The van der Waals surface area contributed by atoms with E-state index in [0.717, 1.165) is 11.3 Å². The number of Topliss-reactive ketones (excluding diaryl/α,β-unsaturated/α-hetero) is 1.